The molecule has 290 valence electrons. The molecule has 0 bridgehead atoms. The lowest BCUT2D eigenvalue weighted by Gasteiger charge is -2.43. The molecule has 1 aliphatic carbocycles. The Morgan fingerprint density at radius 2 is 1.54 bits per heavy atom. The van der Waals surface area contributed by atoms with Gasteiger partial charge in [-0.05, 0) is 56.4 Å². The predicted octanol–water partition coefficient (Wildman–Crippen LogP) is 9.64. The Labute approximate surface area is 333 Å². The molecule has 2 heterocycles. The molecule has 54 heavy (non-hydrogen) atoms. The predicted molar refractivity (Wildman–Crippen MR) is 217 cm³/mol. The molecule has 0 atom stereocenters. The highest BCUT2D eigenvalue weighted by Gasteiger charge is 2.36. The number of carbonyl (C=O) groups is 1. The van der Waals surface area contributed by atoms with E-state index >= 15 is 0 Å². The summed E-state index contributed by atoms with van der Waals surface area (Å²) in [5.74, 6) is -2.83. The summed E-state index contributed by atoms with van der Waals surface area (Å²) in [6.07, 6.45) is 3.42. The Bertz CT molecular complexity index is 2570. The maximum Gasteiger partial charge on any atom is 0.337 e. The van der Waals surface area contributed by atoms with Crippen molar-refractivity contribution in [3.63, 3.8) is 0 Å². The zero-order valence-corrected chi connectivity index (χ0v) is 35.0. The van der Waals surface area contributed by atoms with Crippen LogP contribution in [-0.2, 0) is 20.2 Å². The molecule has 3 aliphatic rings. The minimum Gasteiger partial charge on any atom is -0.478 e. The minimum atomic E-state index is -4.58. The summed E-state index contributed by atoms with van der Waals surface area (Å²) < 4.78 is 76.1. The minimum absolute atomic E-state index is 0.127. The lowest BCUT2D eigenvalue weighted by atomic mass is 9.84. The van der Waals surface area contributed by atoms with Crippen LogP contribution in [0.5, 0.6) is 0 Å². The number of carboxylic acid groups (broad SMARTS) is 1. The molecular formula is C37H38Cl4N2O9S2. The molecule has 3 N–H and O–H groups in total. The fourth-order valence-electron chi connectivity index (χ4n) is 7.04. The summed E-state index contributed by atoms with van der Waals surface area (Å²) in [6, 6.07) is 6.45. The number of aromatic carboxylic acids is 1. The lowest BCUT2D eigenvalue weighted by Crippen LogP contribution is -2.45. The first kappa shape index (κ1) is 42.0. The number of anilines is 1. The molecule has 0 aromatic heterocycles. The van der Waals surface area contributed by atoms with Gasteiger partial charge < -0.3 is 14.4 Å². The van der Waals surface area contributed by atoms with Crippen molar-refractivity contribution in [1.82, 2.24) is 0 Å². The smallest absolute Gasteiger partial charge is 0.337 e. The normalized spacial score (nSPS) is 15.6. The molecule has 0 saturated carbocycles. The van der Waals surface area contributed by atoms with Gasteiger partial charge >= 0.3 is 5.97 Å². The van der Waals surface area contributed by atoms with Crippen LogP contribution in [0.1, 0.15) is 70.0 Å². The second kappa shape index (κ2) is 14.7. The molecule has 0 radical (unpaired) electrons. The van der Waals surface area contributed by atoms with Gasteiger partial charge in [-0.25, -0.2) is 4.79 Å². The number of hydrogen-bond acceptors (Lipinski definition) is 8. The van der Waals surface area contributed by atoms with Crippen molar-refractivity contribution >= 4 is 100 Å². The lowest BCUT2D eigenvalue weighted by molar-refractivity contribution is 0.0698. The van der Waals surface area contributed by atoms with E-state index in [1.807, 2.05) is 46.4 Å². The molecular weight excluding hydrogens is 822 g/mol. The number of halogens is 4. The number of likely N-dealkylation sites (N-methyl/N-ethyl adjacent to an activating group) is 1. The molecule has 2 aromatic rings. The first-order valence-corrected chi connectivity index (χ1v) is 21.3. The zero-order chi connectivity index (χ0) is 40.5. The number of hydrogen-bond donors (Lipinski definition) is 3. The highest BCUT2D eigenvalue weighted by Crippen LogP contribution is 2.52. The number of allylic oxidation sites excluding steroid dienone is 1. The van der Waals surface area contributed by atoms with Gasteiger partial charge in [0.2, 0.25) is 0 Å². The van der Waals surface area contributed by atoms with Crippen molar-refractivity contribution < 1.29 is 40.3 Å². The molecule has 2 aliphatic heterocycles. The van der Waals surface area contributed by atoms with Crippen molar-refractivity contribution in [2.24, 2.45) is 10.4 Å². The molecule has 11 nitrogen and oxygen atoms in total. The topological polar surface area (TPSA) is 175 Å². The molecule has 0 unspecified atom stereocenters. The average molecular weight is 861 g/mol. The third kappa shape index (κ3) is 8.34. The van der Waals surface area contributed by atoms with Gasteiger partial charge in [0, 0.05) is 64.1 Å². The summed E-state index contributed by atoms with van der Waals surface area (Å²) in [6.45, 7) is 13.8. The van der Waals surface area contributed by atoms with Crippen molar-refractivity contribution in [2.45, 2.75) is 54.0 Å². The van der Waals surface area contributed by atoms with E-state index in [0.29, 0.717) is 23.2 Å². The van der Waals surface area contributed by atoms with Crippen LogP contribution in [0, 0.1) is 5.41 Å². The maximum atomic E-state index is 13.0. The fraction of sp³-hybridized carbons (Fsp3) is 0.351. The van der Waals surface area contributed by atoms with Gasteiger partial charge in [-0.15, -0.1) is 0 Å². The van der Waals surface area contributed by atoms with Gasteiger partial charge in [0.15, 0.2) is 0 Å². The summed E-state index contributed by atoms with van der Waals surface area (Å²) in [4.78, 5) is 19.7. The van der Waals surface area contributed by atoms with E-state index in [1.54, 1.807) is 43.3 Å². The SMILES string of the molecule is CCN=c1cc2oc3cc4c(cc3c(-c3c(Cl)c(Cl)c(Cl)c(Cl)c3C(=O)O)c-2cc1/C(=C\C(C)(C)C)CS(=O)(=O)O)C(CS(=O)(=O)O)=CC(C)(C)N4CC. The highest BCUT2D eigenvalue weighted by molar-refractivity contribution is 7.86. The fourth-order valence-corrected chi connectivity index (χ4v) is 9.33. The third-order valence-corrected chi connectivity index (χ3v) is 12.0. The number of nitrogens with zero attached hydrogens (tertiary/aromatic N) is 2. The van der Waals surface area contributed by atoms with Gasteiger partial charge in [0.25, 0.3) is 20.2 Å². The summed E-state index contributed by atoms with van der Waals surface area (Å²) in [5.41, 5.74) is 0.334. The Morgan fingerprint density at radius 3 is 2.07 bits per heavy atom. The second-order valence-corrected chi connectivity index (χ2v) is 19.0. The molecule has 0 amide bonds. The largest absolute Gasteiger partial charge is 0.478 e. The first-order valence-electron chi connectivity index (χ1n) is 16.6. The van der Waals surface area contributed by atoms with Gasteiger partial charge in [-0.2, -0.15) is 16.8 Å². The van der Waals surface area contributed by atoms with E-state index in [9.17, 15) is 35.8 Å². The number of fused-ring (bicyclic) bond motifs is 3. The molecule has 0 spiro atoms. The summed E-state index contributed by atoms with van der Waals surface area (Å²) >= 11 is 26.5. The summed E-state index contributed by atoms with van der Waals surface area (Å²) in [5, 5.41) is 9.93. The highest BCUT2D eigenvalue weighted by atomic mass is 35.5. The van der Waals surface area contributed by atoms with Crippen molar-refractivity contribution in [3.05, 3.63) is 78.6 Å². The average Bonchev–Trinajstić information content (AvgIpc) is 3.01. The van der Waals surface area contributed by atoms with E-state index in [-0.39, 0.29) is 71.7 Å². The zero-order valence-electron chi connectivity index (χ0n) is 30.3. The molecule has 0 fully saturated rings. The van der Waals surface area contributed by atoms with Crippen molar-refractivity contribution in [1.29, 1.82) is 0 Å². The van der Waals surface area contributed by atoms with Crippen LogP contribution in [0.15, 0.2) is 45.8 Å². The Kier molecular flexibility index (Phi) is 11.5. The van der Waals surface area contributed by atoms with Gasteiger partial charge in [0.1, 0.15) is 22.8 Å². The quantitative estimate of drug-likeness (QED) is 0.0636. The number of benzene rings is 3. The van der Waals surface area contributed by atoms with E-state index in [2.05, 4.69) is 4.99 Å². The van der Waals surface area contributed by atoms with E-state index < -0.39 is 59.3 Å². The van der Waals surface area contributed by atoms with Crippen LogP contribution in [-0.4, -0.2) is 67.2 Å². The number of carboxylic acids is 1. The van der Waals surface area contributed by atoms with E-state index in [4.69, 9.17) is 50.8 Å². The van der Waals surface area contributed by atoms with Crippen LogP contribution in [0.25, 0.3) is 44.6 Å². The van der Waals surface area contributed by atoms with E-state index in [0.717, 1.165) is 0 Å². The third-order valence-electron chi connectivity index (χ3n) is 8.82. The Morgan fingerprint density at radius 1 is 0.907 bits per heavy atom. The van der Waals surface area contributed by atoms with Crippen LogP contribution in [0.3, 0.4) is 0 Å². The van der Waals surface area contributed by atoms with Crippen molar-refractivity contribution in [3.8, 4) is 22.5 Å². The maximum absolute atomic E-state index is 13.0. The Hall–Kier alpha value is -3.14. The Balaban J connectivity index is 2.13. The standard InChI is InChI=1S/C37H38Cl4N2O9S2/c1-8-42-24-12-26-22(10-20(24)18(14-36(3,4)5)16-53(46,47)48)28(29-30(35(44)45)32(39)34(41)33(40)31(29)38)23-11-21-19(17-54(49,50)51)15-37(6,7)43(9-2)25(21)13-27(23)52-26/h10-15H,8-9,16-17H2,1-7H3,(H,44,45)(H,46,47,48)(H,49,50,51)/b18-14-,42-24?. The molecule has 0 saturated heterocycles. The van der Waals surface area contributed by atoms with E-state index in [1.165, 1.54) is 0 Å². The monoisotopic (exact) mass is 858 g/mol. The van der Waals surface area contributed by atoms with Gasteiger partial charge in [-0.3, -0.25) is 14.1 Å². The molecule has 17 heteroatoms. The van der Waals surface area contributed by atoms with Crippen LogP contribution >= 0.6 is 46.4 Å². The summed E-state index contributed by atoms with van der Waals surface area (Å²) in [7, 11) is -9.11. The molecule has 2 aromatic carbocycles. The van der Waals surface area contributed by atoms with Crippen molar-refractivity contribution in [2.75, 3.05) is 29.5 Å². The van der Waals surface area contributed by atoms with Gasteiger partial charge in [-0.1, -0.05) is 79.3 Å². The number of rotatable bonds is 9. The molecule has 5 rings (SSSR count). The van der Waals surface area contributed by atoms with Crippen LogP contribution in [0.4, 0.5) is 5.69 Å². The van der Waals surface area contributed by atoms with Gasteiger partial charge in [0.05, 0.1) is 36.6 Å². The van der Waals surface area contributed by atoms with Crippen LogP contribution < -0.4 is 10.3 Å². The first-order chi connectivity index (χ1) is 24.8. The van der Waals surface area contributed by atoms with Crippen LogP contribution in [0.2, 0.25) is 20.1 Å². The second-order valence-electron chi connectivity index (χ2n) is 14.5.